The fourth-order valence-corrected chi connectivity index (χ4v) is 6.70. The number of ketones is 1. The highest BCUT2D eigenvalue weighted by Crippen LogP contribution is 2.36. The number of benzene rings is 2. The van der Waals surface area contributed by atoms with E-state index < -0.39 is 5.91 Å². The van der Waals surface area contributed by atoms with E-state index in [1.807, 2.05) is 24.3 Å². The van der Waals surface area contributed by atoms with Gasteiger partial charge in [0.05, 0.1) is 24.0 Å². The molecule has 252 valence electrons. The van der Waals surface area contributed by atoms with Gasteiger partial charge >= 0.3 is 0 Å². The van der Waals surface area contributed by atoms with Crippen LogP contribution in [0.4, 0.5) is 0 Å². The third-order valence-corrected chi connectivity index (χ3v) is 9.38. The number of oxime groups is 1. The Morgan fingerprint density at radius 2 is 1.86 bits per heavy atom. The number of rotatable bonds is 12. The van der Waals surface area contributed by atoms with E-state index >= 15 is 0 Å². The number of amides is 2. The van der Waals surface area contributed by atoms with E-state index in [9.17, 15) is 14.4 Å². The van der Waals surface area contributed by atoms with Gasteiger partial charge in [-0.05, 0) is 84.0 Å². The van der Waals surface area contributed by atoms with Crippen LogP contribution in [0, 0.1) is 0 Å². The van der Waals surface area contributed by atoms with Crippen molar-refractivity contribution >= 4 is 23.8 Å². The SMILES string of the molecule is C=C(NC)O/N=C/c1ccc2c(c1CC)CCC2NC(=O)c1cc(C(=O)NCc2ccc3c(c2)C(NC2=C(N)C(=C)C2=O)CCC3)ncn1. The Morgan fingerprint density at radius 3 is 2.61 bits per heavy atom. The summed E-state index contributed by atoms with van der Waals surface area (Å²) in [5, 5.41) is 16.1. The Hall–Kier alpha value is -5.78. The molecule has 2 atom stereocenters. The number of Topliss-reactive ketones (excluding diaryl/α,β-unsaturated/α-hetero) is 1. The van der Waals surface area contributed by atoms with Gasteiger partial charge in [-0.2, -0.15) is 0 Å². The predicted octanol–water partition coefficient (Wildman–Crippen LogP) is 3.70. The van der Waals surface area contributed by atoms with Crippen LogP contribution in [0.5, 0.6) is 0 Å². The number of hydrogen-bond acceptors (Lipinski definition) is 10. The van der Waals surface area contributed by atoms with Gasteiger partial charge in [-0.15, -0.1) is 0 Å². The summed E-state index contributed by atoms with van der Waals surface area (Å²) in [6, 6.07) is 11.2. The molecule has 3 aliphatic rings. The van der Waals surface area contributed by atoms with Crippen LogP contribution in [-0.2, 0) is 35.4 Å². The first-order valence-corrected chi connectivity index (χ1v) is 16.4. The summed E-state index contributed by atoms with van der Waals surface area (Å²) in [6.45, 7) is 9.75. The van der Waals surface area contributed by atoms with E-state index in [1.54, 1.807) is 13.3 Å². The highest BCUT2D eigenvalue weighted by Gasteiger charge is 2.33. The normalized spacial score (nSPS) is 18.0. The lowest BCUT2D eigenvalue weighted by molar-refractivity contribution is -0.113. The molecule has 3 aromatic rings. The van der Waals surface area contributed by atoms with Gasteiger partial charge in [0.2, 0.25) is 11.7 Å². The molecule has 6 rings (SSSR count). The number of carbonyl (C=O) groups excluding carboxylic acids is 3. The summed E-state index contributed by atoms with van der Waals surface area (Å²) in [7, 11) is 1.71. The third-order valence-electron chi connectivity index (χ3n) is 9.38. The zero-order chi connectivity index (χ0) is 34.7. The Morgan fingerprint density at radius 1 is 1.06 bits per heavy atom. The second-order valence-electron chi connectivity index (χ2n) is 12.3. The standard InChI is InChI=1S/C37H40N8O4/c1-5-25-24(18-43-49-21(3)39-4)11-12-27-26(25)13-14-30(27)45-37(48)32-16-31(41-19-42-32)36(47)40-17-22-9-10-23-7-6-8-29(28(23)15-22)44-34-33(38)20(2)35(34)46/h9-12,15-16,18-19,29-30,39,44H,2-3,5-8,13-14,17,38H2,1,4H3,(H,40,47)(H,45,48)/b43-18+. The van der Waals surface area contributed by atoms with E-state index in [1.165, 1.54) is 23.5 Å². The highest BCUT2D eigenvalue weighted by molar-refractivity contribution is 6.18. The molecule has 0 radical (unpaired) electrons. The number of aryl methyl sites for hydroxylation is 1. The molecule has 0 saturated carbocycles. The molecule has 0 spiro atoms. The van der Waals surface area contributed by atoms with E-state index in [0.29, 0.717) is 22.9 Å². The summed E-state index contributed by atoms with van der Waals surface area (Å²) in [4.78, 5) is 52.2. The minimum Gasteiger partial charge on any atom is -0.396 e. The molecule has 12 heteroatoms. The minimum atomic E-state index is -0.421. The van der Waals surface area contributed by atoms with Crippen LogP contribution in [0.25, 0.3) is 0 Å². The summed E-state index contributed by atoms with van der Waals surface area (Å²) < 4.78 is 0. The van der Waals surface area contributed by atoms with Crippen molar-refractivity contribution in [1.29, 1.82) is 0 Å². The molecular formula is C37H40N8O4. The zero-order valence-corrected chi connectivity index (χ0v) is 27.7. The first-order valence-electron chi connectivity index (χ1n) is 16.4. The van der Waals surface area contributed by atoms with Crippen LogP contribution in [0.3, 0.4) is 0 Å². The van der Waals surface area contributed by atoms with Crippen molar-refractivity contribution in [2.75, 3.05) is 7.05 Å². The Labute approximate surface area is 285 Å². The van der Waals surface area contributed by atoms with Gasteiger partial charge in [0.25, 0.3) is 11.8 Å². The molecule has 6 N–H and O–H groups in total. The average molecular weight is 661 g/mol. The van der Waals surface area contributed by atoms with Crippen LogP contribution in [0.15, 0.2) is 83.9 Å². The fraction of sp³-hybridized carbons (Fsp3) is 0.297. The maximum Gasteiger partial charge on any atom is 0.270 e. The van der Waals surface area contributed by atoms with Gasteiger partial charge in [-0.3, -0.25) is 14.4 Å². The summed E-state index contributed by atoms with van der Waals surface area (Å²) in [6.07, 6.45) is 8.04. The van der Waals surface area contributed by atoms with Crippen LogP contribution >= 0.6 is 0 Å². The van der Waals surface area contributed by atoms with Gasteiger partial charge in [0.1, 0.15) is 23.4 Å². The van der Waals surface area contributed by atoms with Crippen LogP contribution in [0.2, 0.25) is 0 Å². The molecule has 3 aliphatic carbocycles. The number of nitrogens with one attached hydrogen (secondary N) is 4. The van der Waals surface area contributed by atoms with Crippen LogP contribution < -0.4 is 27.0 Å². The molecule has 1 aromatic heterocycles. The predicted molar refractivity (Wildman–Crippen MR) is 185 cm³/mol. The van der Waals surface area contributed by atoms with E-state index in [0.717, 1.165) is 66.3 Å². The van der Waals surface area contributed by atoms with Crippen molar-refractivity contribution in [3.63, 3.8) is 0 Å². The Balaban J connectivity index is 1.09. The van der Waals surface area contributed by atoms with E-state index in [4.69, 9.17) is 10.6 Å². The van der Waals surface area contributed by atoms with E-state index in [2.05, 4.69) is 62.5 Å². The van der Waals surface area contributed by atoms with Crippen molar-refractivity contribution in [1.82, 2.24) is 31.2 Å². The topological polar surface area (TPSA) is 173 Å². The molecule has 2 unspecified atom stereocenters. The summed E-state index contributed by atoms with van der Waals surface area (Å²) in [5.41, 5.74) is 14.9. The van der Waals surface area contributed by atoms with Crippen molar-refractivity contribution in [2.45, 2.75) is 64.1 Å². The maximum atomic E-state index is 13.3. The molecule has 49 heavy (non-hydrogen) atoms. The zero-order valence-electron chi connectivity index (χ0n) is 27.7. The molecule has 2 aromatic carbocycles. The van der Waals surface area contributed by atoms with Gasteiger partial charge in [-0.25, -0.2) is 9.97 Å². The number of nitrogens with two attached hydrogens (primary N) is 1. The molecule has 0 bridgehead atoms. The molecule has 1 heterocycles. The van der Waals surface area contributed by atoms with Crippen molar-refractivity contribution < 1.29 is 19.2 Å². The Bertz CT molecular complexity index is 1930. The van der Waals surface area contributed by atoms with E-state index in [-0.39, 0.29) is 41.7 Å². The molecule has 12 nitrogen and oxygen atoms in total. The number of allylic oxidation sites excluding steroid dienone is 2. The van der Waals surface area contributed by atoms with Gasteiger partial charge < -0.3 is 31.8 Å². The monoisotopic (exact) mass is 660 g/mol. The first kappa shape index (κ1) is 33.1. The number of nitrogens with zero attached hydrogens (tertiary/aromatic N) is 3. The average Bonchev–Trinajstić information content (AvgIpc) is 3.54. The number of hydrogen-bond donors (Lipinski definition) is 5. The fourth-order valence-electron chi connectivity index (χ4n) is 6.70. The van der Waals surface area contributed by atoms with Crippen molar-refractivity contribution in [2.24, 2.45) is 10.9 Å². The summed E-state index contributed by atoms with van der Waals surface area (Å²) >= 11 is 0. The molecule has 0 saturated heterocycles. The number of aromatic nitrogens is 2. The van der Waals surface area contributed by atoms with Crippen molar-refractivity contribution in [3.8, 4) is 0 Å². The van der Waals surface area contributed by atoms with Gasteiger partial charge in [0.15, 0.2) is 0 Å². The highest BCUT2D eigenvalue weighted by atomic mass is 16.6. The second-order valence-corrected chi connectivity index (χ2v) is 12.3. The first-order chi connectivity index (χ1) is 23.7. The largest absolute Gasteiger partial charge is 0.396 e. The molecule has 0 aliphatic heterocycles. The lowest BCUT2D eigenvalue weighted by atomic mass is 9.85. The molecular weight excluding hydrogens is 620 g/mol. The van der Waals surface area contributed by atoms with Crippen LogP contribution in [0.1, 0.15) is 98.2 Å². The third kappa shape index (κ3) is 6.80. The number of carbonyl (C=O) groups is 3. The molecule has 2 amide bonds. The lowest BCUT2D eigenvalue weighted by Gasteiger charge is -2.32. The van der Waals surface area contributed by atoms with Crippen LogP contribution in [-0.4, -0.2) is 40.8 Å². The minimum absolute atomic E-state index is 0.0620. The lowest BCUT2D eigenvalue weighted by Crippen LogP contribution is -2.38. The number of fused-ring (bicyclic) bond motifs is 2. The smallest absolute Gasteiger partial charge is 0.270 e. The molecule has 0 fully saturated rings. The Kier molecular flexibility index (Phi) is 9.56. The quantitative estimate of drug-likeness (QED) is 0.0841. The van der Waals surface area contributed by atoms with Gasteiger partial charge in [-0.1, -0.05) is 49.0 Å². The summed E-state index contributed by atoms with van der Waals surface area (Å²) in [5.74, 6) is -0.602. The van der Waals surface area contributed by atoms with Crippen molar-refractivity contribution in [3.05, 3.63) is 129 Å². The second kappa shape index (κ2) is 14.1. The van der Waals surface area contributed by atoms with Gasteiger partial charge in [0, 0.05) is 25.2 Å². The maximum absolute atomic E-state index is 13.3.